The minimum Gasteiger partial charge on any atom is -0.351 e. The van der Waals surface area contributed by atoms with Gasteiger partial charge in [-0.15, -0.1) is 11.3 Å². The Bertz CT molecular complexity index is 1110. The molecule has 32 heavy (non-hydrogen) atoms. The van der Waals surface area contributed by atoms with Gasteiger partial charge in [0, 0.05) is 28.0 Å². The van der Waals surface area contributed by atoms with E-state index in [0.717, 1.165) is 41.7 Å². The zero-order chi connectivity index (χ0) is 22.1. The molecule has 0 spiro atoms. The molecule has 0 radical (unpaired) electrons. The fourth-order valence-electron chi connectivity index (χ4n) is 5.08. The van der Waals surface area contributed by atoms with E-state index in [9.17, 15) is 9.59 Å². The van der Waals surface area contributed by atoms with Crippen LogP contribution in [0.3, 0.4) is 0 Å². The summed E-state index contributed by atoms with van der Waals surface area (Å²) in [6, 6.07) is 19.0. The van der Waals surface area contributed by atoms with Crippen molar-refractivity contribution in [2.75, 3.05) is 0 Å². The molecular weight excluding hydrogens is 440 g/mol. The van der Waals surface area contributed by atoms with Crippen molar-refractivity contribution >= 4 is 34.8 Å². The molecule has 1 aliphatic carbocycles. The van der Waals surface area contributed by atoms with Gasteiger partial charge in [0.05, 0.1) is 12.0 Å². The number of carbonyl (C=O) groups excluding carboxylic acids is 2. The highest BCUT2D eigenvalue weighted by atomic mass is 35.5. The normalized spacial score (nSPS) is 20.9. The van der Waals surface area contributed by atoms with Gasteiger partial charge in [0.15, 0.2) is 0 Å². The number of halogens is 1. The molecule has 4 nitrogen and oxygen atoms in total. The molecule has 1 aliphatic heterocycles. The molecule has 2 amide bonds. The first-order valence-electron chi connectivity index (χ1n) is 11.1. The van der Waals surface area contributed by atoms with Gasteiger partial charge >= 0.3 is 0 Å². The van der Waals surface area contributed by atoms with E-state index in [2.05, 4.69) is 11.4 Å². The molecule has 2 aliphatic rings. The molecule has 5 rings (SSSR count). The van der Waals surface area contributed by atoms with Crippen LogP contribution in [0.15, 0.2) is 66.0 Å². The Hall–Kier alpha value is -2.63. The molecule has 1 fully saturated rings. The van der Waals surface area contributed by atoms with E-state index in [1.807, 2.05) is 64.9 Å². The van der Waals surface area contributed by atoms with Crippen LogP contribution in [0.1, 0.15) is 64.0 Å². The molecule has 0 bridgehead atoms. The molecule has 1 saturated carbocycles. The van der Waals surface area contributed by atoms with Crippen molar-refractivity contribution in [3.63, 3.8) is 0 Å². The Kier molecular flexibility index (Phi) is 6.03. The largest absolute Gasteiger partial charge is 0.351 e. The number of benzene rings is 2. The Labute approximate surface area is 197 Å². The average Bonchev–Trinajstić information content (AvgIpc) is 3.53. The van der Waals surface area contributed by atoms with E-state index < -0.39 is 5.92 Å². The van der Waals surface area contributed by atoms with Crippen LogP contribution in [0.5, 0.6) is 0 Å². The van der Waals surface area contributed by atoms with Crippen LogP contribution < -0.4 is 5.32 Å². The average molecular weight is 465 g/mol. The van der Waals surface area contributed by atoms with Gasteiger partial charge in [-0.25, -0.2) is 0 Å². The highest BCUT2D eigenvalue weighted by Crippen LogP contribution is 2.47. The molecule has 2 atom stereocenters. The minimum absolute atomic E-state index is 0.0488. The molecule has 3 aromatic rings. The molecule has 2 aromatic carbocycles. The first-order valence-corrected chi connectivity index (χ1v) is 12.4. The summed E-state index contributed by atoms with van der Waals surface area (Å²) >= 11 is 7.61. The third kappa shape index (κ3) is 3.96. The zero-order valence-electron chi connectivity index (χ0n) is 17.7. The van der Waals surface area contributed by atoms with E-state index in [0.29, 0.717) is 17.1 Å². The Morgan fingerprint density at radius 1 is 1.03 bits per heavy atom. The van der Waals surface area contributed by atoms with Gasteiger partial charge in [0.1, 0.15) is 0 Å². The van der Waals surface area contributed by atoms with Crippen LogP contribution in [-0.4, -0.2) is 22.8 Å². The lowest BCUT2D eigenvalue weighted by Gasteiger charge is -2.44. The summed E-state index contributed by atoms with van der Waals surface area (Å²) in [6.07, 6.45) is 4.24. The van der Waals surface area contributed by atoms with Gasteiger partial charge in [0.2, 0.25) is 5.91 Å². The smallest absolute Gasteiger partial charge is 0.254 e. The number of hydrogen-bond acceptors (Lipinski definition) is 3. The van der Waals surface area contributed by atoms with Gasteiger partial charge < -0.3 is 10.2 Å². The van der Waals surface area contributed by atoms with Crippen LogP contribution >= 0.6 is 22.9 Å². The number of hydrogen-bond donors (Lipinski definition) is 1. The van der Waals surface area contributed by atoms with E-state index in [1.54, 1.807) is 11.3 Å². The second-order valence-corrected chi connectivity index (χ2v) is 9.94. The maximum atomic E-state index is 13.7. The SMILES string of the molecule is O=C(NCc1ccc(Cl)cc1)C1c2ccccc2C(=O)N(C2CCCC2)C1c1cccs1. The van der Waals surface area contributed by atoms with E-state index in [-0.39, 0.29) is 23.9 Å². The summed E-state index contributed by atoms with van der Waals surface area (Å²) in [5.41, 5.74) is 2.46. The maximum absolute atomic E-state index is 13.7. The van der Waals surface area contributed by atoms with Crippen molar-refractivity contribution in [2.45, 2.75) is 50.2 Å². The summed E-state index contributed by atoms with van der Waals surface area (Å²) in [5, 5.41) is 5.83. The van der Waals surface area contributed by atoms with Gasteiger partial charge in [-0.1, -0.05) is 60.8 Å². The fourth-order valence-corrected chi connectivity index (χ4v) is 6.07. The maximum Gasteiger partial charge on any atom is 0.254 e. The van der Waals surface area contributed by atoms with Crippen molar-refractivity contribution in [3.05, 3.63) is 92.6 Å². The number of fused-ring (bicyclic) bond motifs is 1. The van der Waals surface area contributed by atoms with Crippen molar-refractivity contribution in [2.24, 2.45) is 0 Å². The highest BCUT2D eigenvalue weighted by molar-refractivity contribution is 7.10. The van der Waals surface area contributed by atoms with Crippen molar-refractivity contribution in [3.8, 4) is 0 Å². The van der Waals surface area contributed by atoms with Gasteiger partial charge in [0.25, 0.3) is 5.91 Å². The van der Waals surface area contributed by atoms with E-state index >= 15 is 0 Å². The number of rotatable bonds is 5. The number of carbonyl (C=O) groups is 2. The van der Waals surface area contributed by atoms with Crippen molar-refractivity contribution < 1.29 is 9.59 Å². The molecule has 1 N–H and O–H groups in total. The Balaban J connectivity index is 1.53. The first-order chi connectivity index (χ1) is 15.6. The summed E-state index contributed by atoms with van der Waals surface area (Å²) in [4.78, 5) is 30.5. The summed E-state index contributed by atoms with van der Waals surface area (Å²) in [6.45, 7) is 0.420. The second-order valence-electron chi connectivity index (χ2n) is 8.52. The number of nitrogens with zero attached hydrogens (tertiary/aromatic N) is 1. The van der Waals surface area contributed by atoms with Crippen LogP contribution in [0, 0.1) is 0 Å². The lowest BCUT2D eigenvalue weighted by molar-refractivity contribution is -0.124. The quantitative estimate of drug-likeness (QED) is 0.507. The molecule has 0 saturated heterocycles. The van der Waals surface area contributed by atoms with E-state index in [1.165, 1.54) is 0 Å². The van der Waals surface area contributed by atoms with Crippen molar-refractivity contribution in [1.29, 1.82) is 0 Å². The summed E-state index contributed by atoms with van der Waals surface area (Å²) in [5.74, 6) is -0.454. The highest BCUT2D eigenvalue weighted by Gasteiger charge is 2.47. The Morgan fingerprint density at radius 3 is 2.50 bits per heavy atom. The third-order valence-electron chi connectivity index (χ3n) is 6.59. The molecule has 6 heteroatoms. The number of amides is 2. The van der Waals surface area contributed by atoms with Crippen LogP contribution in [0.4, 0.5) is 0 Å². The van der Waals surface area contributed by atoms with Gasteiger partial charge in [-0.2, -0.15) is 0 Å². The minimum atomic E-state index is -0.449. The van der Waals surface area contributed by atoms with Gasteiger partial charge in [-0.05, 0) is 53.6 Å². The van der Waals surface area contributed by atoms with Crippen LogP contribution in [0.2, 0.25) is 5.02 Å². The fraction of sp³-hybridized carbons (Fsp3) is 0.308. The predicted molar refractivity (Wildman–Crippen MR) is 128 cm³/mol. The van der Waals surface area contributed by atoms with Crippen LogP contribution in [0.25, 0.3) is 0 Å². The zero-order valence-corrected chi connectivity index (χ0v) is 19.2. The van der Waals surface area contributed by atoms with Crippen molar-refractivity contribution in [1.82, 2.24) is 10.2 Å². The lowest BCUT2D eigenvalue weighted by Crippen LogP contribution is -2.50. The molecular formula is C26H25ClN2O2S. The van der Waals surface area contributed by atoms with Crippen LogP contribution in [-0.2, 0) is 11.3 Å². The molecule has 2 unspecified atom stereocenters. The standard InChI is InChI=1S/C26H25ClN2O2S/c27-18-13-11-17(12-14-18)16-28-25(30)23-20-8-3-4-9-21(20)26(31)29(19-6-1-2-7-19)24(23)22-10-5-15-32-22/h3-5,8-15,19,23-24H,1-2,6-7,16H2,(H,28,30). The second kappa shape index (κ2) is 9.08. The summed E-state index contributed by atoms with van der Waals surface area (Å²) < 4.78 is 0. The van der Waals surface area contributed by atoms with E-state index in [4.69, 9.17) is 11.6 Å². The summed E-state index contributed by atoms with van der Waals surface area (Å²) in [7, 11) is 0. The monoisotopic (exact) mass is 464 g/mol. The molecule has 2 heterocycles. The lowest BCUT2D eigenvalue weighted by atomic mass is 9.80. The predicted octanol–water partition coefficient (Wildman–Crippen LogP) is 5.94. The number of nitrogens with one attached hydrogen (secondary N) is 1. The first kappa shape index (κ1) is 21.2. The third-order valence-corrected chi connectivity index (χ3v) is 7.79. The molecule has 164 valence electrons. The Morgan fingerprint density at radius 2 is 1.78 bits per heavy atom. The topological polar surface area (TPSA) is 49.4 Å². The van der Waals surface area contributed by atoms with Gasteiger partial charge in [-0.3, -0.25) is 9.59 Å². The molecule has 1 aromatic heterocycles. The number of thiophene rings is 1.